The van der Waals surface area contributed by atoms with E-state index in [1.54, 1.807) is 6.20 Å². The first-order valence-electron chi connectivity index (χ1n) is 5.65. The Morgan fingerprint density at radius 3 is 2.59 bits per heavy atom. The van der Waals surface area contributed by atoms with E-state index in [4.69, 9.17) is 11.5 Å². The summed E-state index contributed by atoms with van der Waals surface area (Å²) in [5, 5.41) is 0. The summed E-state index contributed by atoms with van der Waals surface area (Å²) in [6.07, 6.45) is 1.76. The summed E-state index contributed by atoms with van der Waals surface area (Å²) in [6, 6.07) is 8.07. The van der Waals surface area contributed by atoms with Crippen molar-refractivity contribution >= 4 is 5.69 Å². The molecule has 17 heavy (non-hydrogen) atoms. The molecule has 4 N–H and O–H groups in total. The number of pyridine rings is 1. The number of rotatable bonds is 2. The molecule has 88 valence electrons. The van der Waals surface area contributed by atoms with E-state index in [9.17, 15) is 0 Å². The molecule has 1 heterocycles. The Bertz CT molecular complexity index is 547. The molecule has 0 bridgehead atoms. The van der Waals surface area contributed by atoms with Gasteiger partial charge in [-0.2, -0.15) is 0 Å². The zero-order chi connectivity index (χ0) is 12.4. The number of nitrogen functional groups attached to an aromatic ring is 1. The van der Waals surface area contributed by atoms with Crippen LogP contribution >= 0.6 is 0 Å². The second-order valence-electron chi connectivity index (χ2n) is 4.17. The van der Waals surface area contributed by atoms with E-state index >= 15 is 0 Å². The van der Waals surface area contributed by atoms with Gasteiger partial charge < -0.3 is 11.5 Å². The van der Waals surface area contributed by atoms with Crippen LogP contribution in [0.4, 0.5) is 5.69 Å². The summed E-state index contributed by atoms with van der Waals surface area (Å²) in [5.74, 6) is 0. The molecular formula is C14H17N3. The third kappa shape index (κ3) is 2.01. The second kappa shape index (κ2) is 4.55. The van der Waals surface area contributed by atoms with E-state index in [1.807, 2.05) is 32.0 Å². The van der Waals surface area contributed by atoms with Crippen molar-refractivity contribution in [2.24, 2.45) is 5.73 Å². The Hall–Kier alpha value is -1.87. The van der Waals surface area contributed by atoms with Crippen LogP contribution in [-0.2, 0) is 6.54 Å². The predicted molar refractivity (Wildman–Crippen MR) is 71.5 cm³/mol. The van der Waals surface area contributed by atoms with Crippen molar-refractivity contribution in [2.75, 3.05) is 5.73 Å². The van der Waals surface area contributed by atoms with Gasteiger partial charge in [0.05, 0.1) is 5.69 Å². The van der Waals surface area contributed by atoms with Crippen molar-refractivity contribution in [3.8, 4) is 11.1 Å². The van der Waals surface area contributed by atoms with E-state index in [-0.39, 0.29) is 0 Å². The van der Waals surface area contributed by atoms with Gasteiger partial charge in [-0.15, -0.1) is 0 Å². The lowest BCUT2D eigenvalue weighted by atomic mass is 9.96. The molecule has 2 rings (SSSR count). The number of hydrogen-bond donors (Lipinski definition) is 2. The molecule has 1 aromatic carbocycles. The molecule has 2 aromatic rings. The number of anilines is 1. The van der Waals surface area contributed by atoms with Crippen LogP contribution in [0, 0.1) is 13.8 Å². The average molecular weight is 227 g/mol. The maximum Gasteiger partial charge on any atom is 0.0617 e. The lowest BCUT2D eigenvalue weighted by Crippen LogP contribution is -2.03. The van der Waals surface area contributed by atoms with Gasteiger partial charge in [-0.1, -0.05) is 18.2 Å². The van der Waals surface area contributed by atoms with E-state index in [0.29, 0.717) is 6.54 Å². The standard InChI is InChI=1S/C14H17N3/c1-9-5-6-11(10(2)14(9)16)12-4-3-7-17-13(12)8-15/h3-7H,8,15-16H2,1-2H3. The van der Waals surface area contributed by atoms with E-state index in [1.165, 1.54) is 0 Å². The first-order valence-corrected chi connectivity index (χ1v) is 5.65. The molecule has 0 saturated heterocycles. The zero-order valence-electron chi connectivity index (χ0n) is 10.2. The van der Waals surface area contributed by atoms with Crippen molar-refractivity contribution in [1.82, 2.24) is 4.98 Å². The van der Waals surface area contributed by atoms with Gasteiger partial charge in [-0.25, -0.2) is 0 Å². The Morgan fingerprint density at radius 1 is 1.12 bits per heavy atom. The van der Waals surface area contributed by atoms with Gasteiger partial charge in [0.2, 0.25) is 0 Å². The van der Waals surface area contributed by atoms with Crippen molar-refractivity contribution in [2.45, 2.75) is 20.4 Å². The SMILES string of the molecule is Cc1ccc(-c2cccnc2CN)c(C)c1N. The first-order chi connectivity index (χ1) is 8.15. The maximum absolute atomic E-state index is 6.06. The molecule has 0 fully saturated rings. The number of benzene rings is 1. The minimum absolute atomic E-state index is 0.434. The lowest BCUT2D eigenvalue weighted by molar-refractivity contribution is 0.993. The summed E-state index contributed by atoms with van der Waals surface area (Å²) >= 11 is 0. The van der Waals surface area contributed by atoms with Crippen molar-refractivity contribution in [3.63, 3.8) is 0 Å². The molecular weight excluding hydrogens is 210 g/mol. The maximum atomic E-state index is 6.06. The lowest BCUT2D eigenvalue weighted by Gasteiger charge is -2.13. The van der Waals surface area contributed by atoms with Crippen LogP contribution < -0.4 is 11.5 Å². The van der Waals surface area contributed by atoms with Gasteiger partial charge in [0, 0.05) is 24.0 Å². The fourth-order valence-corrected chi connectivity index (χ4v) is 2.00. The van der Waals surface area contributed by atoms with Gasteiger partial charge in [0.25, 0.3) is 0 Å². The van der Waals surface area contributed by atoms with Crippen LogP contribution in [0.15, 0.2) is 30.5 Å². The van der Waals surface area contributed by atoms with Crippen molar-refractivity contribution < 1.29 is 0 Å². The molecule has 3 nitrogen and oxygen atoms in total. The van der Waals surface area contributed by atoms with E-state index in [2.05, 4.69) is 11.1 Å². The molecule has 0 unspecified atom stereocenters. The van der Waals surface area contributed by atoms with Crippen LogP contribution in [0.1, 0.15) is 16.8 Å². The molecule has 0 spiro atoms. The zero-order valence-corrected chi connectivity index (χ0v) is 10.2. The molecule has 0 radical (unpaired) electrons. The van der Waals surface area contributed by atoms with Crippen molar-refractivity contribution in [3.05, 3.63) is 47.3 Å². The fourth-order valence-electron chi connectivity index (χ4n) is 2.00. The minimum atomic E-state index is 0.434. The van der Waals surface area contributed by atoms with Crippen LogP contribution in [-0.4, -0.2) is 4.98 Å². The monoisotopic (exact) mass is 227 g/mol. The molecule has 0 aliphatic carbocycles. The van der Waals surface area contributed by atoms with Crippen molar-refractivity contribution in [1.29, 1.82) is 0 Å². The van der Waals surface area contributed by atoms with Crippen LogP contribution in [0.3, 0.4) is 0 Å². The first kappa shape index (κ1) is 11.6. The van der Waals surface area contributed by atoms with Crippen LogP contribution in [0.25, 0.3) is 11.1 Å². The Kier molecular flexibility index (Phi) is 3.11. The van der Waals surface area contributed by atoms with Crippen LogP contribution in [0.5, 0.6) is 0 Å². The predicted octanol–water partition coefficient (Wildman–Crippen LogP) is 2.41. The highest BCUT2D eigenvalue weighted by atomic mass is 14.7. The summed E-state index contributed by atoms with van der Waals surface area (Å²) in [5.41, 5.74) is 17.9. The number of nitrogens with two attached hydrogens (primary N) is 2. The molecule has 0 aliphatic heterocycles. The Labute approximate surface area is 101 Å². The summed E-state index contributed by atoms with van der Waals surface area (Å²) in [4.78, 5) is 4.30. The number of aromatic nitrogens is 1. The highest BCUT2D eigenvalue weighted by Crippen LogP contribution is 2.30. The fraction of sp³-hybridized carbons (Fsp3) is 0.214. The van der Waals surface area contributed by atoms with Gasteiger partial charge in [0.1, 0.15) is 0 Å². The van der Waals surface area contributed by atoms with Gasteiger partial charge >= 0.3 is 0 Å². The second-order valence-corrected chi connectivity index (χ2v) is 4.17. The average Bonchev–Trinajstić information content (AvgIpc) is 2.36. The van der Waals surface area contributed by atoms with Gasteiger partial charge in [-0.05, 0) is 36.6 Å². The molecule has 0 atom stereocenters. The number of nitrogens with zero attached hydrogens (tertiary/aromatic N) is 1. The number of aryl methyl sites for hydroxylation is 1. The molecule has 0 amide bonds. The van der Waals surface area contributed by atoms with Gasteiger partial charge in [0.15, 0.2) is 0 Å². The Balaban J connectivity index is 2.65. The van der Waals surface area contributed by atoms with Crippen LogP contribution in [0.2, 0.25) is 0 Å². The normalized spacial score (nSPS) is 10.5. The number of hydrogen-bond acceptors (Lipinski definition) is 3. The smallest absolute Gasteiger partial charge is 0.0617 e. The summed E-state index contributed by atoms with van der Waals surface area (Å²) in [6.45, 7) is 4.48. The molecule has 3 heteroatoms. The topological polar surface area (TPSA) is 64.9 Å². The third-order valence-corrected chi connectivity index (χ3v) is 3.11. The summed E-state index contributed by atoms with van der Waals surface area (Å²) < 4.78 is 0. The quantitative estimate of drug-likeness (QED) is 0.774. The third-order valence-electron chi connectivity index (χ3n) is 3.11. The van der Waals surface area contributed by atoms with Gasteiger partial charge in [-0.3, -0.25) is 4.98 Å². The summed E-state index contributed by atoms with van der Waals surface area (Å²) in [7, 11) is 0. The highest BCUT2D eigenvalue weighted by Gasteiger charge is 2.10. The van der Waals surface area contributed by atoms with E-state index in [0.717, 1.165) is 33.6 Å². The largest absolute Gasteiger partial charge is 0.398 e. The molecule has 0 aliphatic rings. The minimum Gasteiger partial charge on any atom is -0.398 e. The molecule has 1 aromatic heterocycles. The Morgan fingerprint density at radius 2 is 1.88 bits per heavy atom. The molecule has 0 saturated carbocycles. The highest BCUT2D eigenvalue weighted by molar-refractivity contribution is 5.75. The van der Waals surface area contributed by atoms with E-state index < -0.39 is 0 Å².